The van der Waals surface area contributed by atoms with Crippen molar-refractivity contribution in [2.75, 3.05) is 0 Å². The normalized spacial score (nSPS) is 10.2. The Labute approximate surface area is 101 Å². The average Bonchev–Trinajstić information content (AvgIpc) is 2.35. The molecule has 0 radical (unpaired) electrons. The van der Waals surface area contributed by atoms with Gasteiger partial charge in [-0.25, -0.2) is 4.98 Å². The number of hydrogen-bond donors (Lipinski definition) is 0. The van der Waals surface area contributed by atoms with E-state index in [2.05, 4.69) is 9.97 Å². The third-order valence-corrected chi connectivity index (χ3v) is 2.70. The highest BCUT2D eigenvalue weighted by Gasteiger charge is 2.10. The van der Waals surface area contributed by atoms with Crippen molar-refractivity contribution < 1.29 is 4.79 Å². The highest BCUT2D eigenvalue weighted by Crippen LogP contribution is 2.13. The molecule has 0 aliphatic heterocycles. The lowest BCUT2D eigenvalue weighted by Crippen LogP contribution is -2.07. The maximum atomic E-state index is 12.0. The van der Waals surface area contributed by atoms with E-state index in [1.54, 1.807) is 6.20 Å². The first-order valence-electron chi connectivity index (χ1n) is 5.52. The maximum Gasteiger partial charge on any atom is 0.187 e. The Bertz CT molecular complexity index is 535. The summed E-state index contributed by atoms with van der Waals surface area (Å²) in [5, 5.41) is 0. The fraction of sp³-hybridized carbons (Fsp3) is 0.214. The van der Waals surface area contributed by atoms with Gasteiger partial charge in [0.05, 0.1) is 6.20 Å². The molecule has 0 N–H and O–H groups in total. The first kappa shape index (κ1) is 11.5. The molecule has 86 valence electrons. The van der Waals surface area contributed by atoms with Gasteiger partial charge in [0, 0.05) is 18.8 Å². The second-order valence-corrected chi connectivity index (χ2v) is 4.12. The van der Waals surface area contributed by atoms with Crippen LogP contribution in [0.5, 0.6) is 0 Å². The molecule has 2 aromatic rings. The van der Waals surface area contributed by atoms with Crippen molar-refractivity contribution in [2.45, 2.75) is 20.3 Å². The van der Waals surface area contributed by atoms with E-state index in [1.807, 2.05) is 32.0 Å². The number of benzene rings is 1. The van der Waals surface area contributed by atoms with Crippen LogP contribution in [0.3, 0.4) is 0 Å². The molecular formula is C14H14N2O. The van der Waals surface area contributed by atoms with Gasteiger partial charge in [0.15, 0.2) is 5.78 Å². The zero-order valence-corrected chi connectivity index (χ0v) is 9.97. The monoisotopic (exact) mass is 226 g/mol. The summed E-state index contributed by atoms with van der Waals surface area (Å²) in [4.78, 5) is 19.9. The lowest BCUT2D eigenvalue weighted by molar-refractivity contribution is 0.0987. The summed E-state index contributed by atoms with van der Waals surface area (Å²) in [6, 6.07) is 6.13. The smallest absolute Gasteiger partial charge is 0.187 e. The van der Waals surface area contributed by atoms with Gasteiger partial charge in [0.1, 0.15) is 5.69 Å². The summed E-state index contributed by atoms with van der Waals surface area (Å²) >= 11 is 0. The first-order valence-corrected chi connectivity index (χ1v) is 5.52. The van der Waals surface area contributed by atoms with Crippen molar-refractivity contribution in [1.82, 2.24) is 9.97 Å². The molecule has 1 aromatic carbocycles. The summed E-state index contributed by atoms with van der Waals surface area (Å²) in [5.41, 5.74) is 3.78. The fourth-order valence-corrected chi connectivity index (χ4v) is 1.70. The lowest BCUT2D eigenvalue weighted by Gasteiger charge is -2.05. The Balaban J connectivity index is 2.22. The summed E-state index contributed by atoms with van der Waals surface area (Å²) in [6.45, 7) is 4.04. The number of hydrogen-bond acceptors (Lipinski definition) is 3. The van der Waals surface area contributed by atoms with E-state index in [0.717, 1.165) is 16.7 Å². The number of nitrogens with zero attached hydrogens (tertiary/aromatic N) is 2. The van der Waals surface area contributed by atoms with Crippen molar-refractivity contribution in [3.05, 3.63) is 59.2 Å². The molecule has 0 spiro atoms. The molecule has 0 fully saturated rings. The summed E-state index contributed by atoms with van der Waals surface area (Å²) in [7, 11) is 0. The van der Waals surface area contributed by atoms with Crippen molar-refractivity contribution in [1.29, 1.82) is 0 Å². The van der Waals surface area contributed by atoms with Gasteiger partial charge in [-0.2, -0.15) is 0 Å². The number of carbonyl (C=O) groups excluding carboxylic acids is 1. The van der Waals surface area contributed by atoms with Crippen LogP contribution in [0.4, 0.5) is 0 Å². The van der Waals surface area contributed by atoms with Crippen molar-refractivity contribution >= 4 is 5.78 Å². The van der Waals surface area contributed by atoms with Crippen LogP contribution in [0, 0.1) is 13.8 Å². The van der Waals surface area contributed by atoms with E-state index in [1.165, 1.54) is 12.4 Å². The van der Waals surface area contributed by atoms with Gasteiger partial charge in [-0.3, -0.25) is 9.78 Å². The topological polar surface area (TPSA) is 42.9 Å². The van der Waals surface area contributed by atoms with Gasteiger partial charge in [0.25, 0.3) is 0 Å². The predicted octanol–water partition coefficient (Wildman–Crippen LogP) is 2.52. The lowest BCUT2D eigenvalue weighted by atomic mass is 10.00. The molecule has 1 aromatic heterocycles. The van der Waals surface area contributed by atoms with E-state index in [-0.39, 0.29) is 5.78 Å². The maximum absolute atomic E-state index is 12.0. The summed E-state index contributed by atoms with van der Waals surface area (Å²) in [5.74, 6) is 0.00630. The molecular weight excluding hydrogens is 212 g/mol. The van der Waals surface area contributed by atoms with Gasteiger partial charge in [-0.05, 0) is 25.0 Å². The molecule has 17 heavy (non-hydrogen) atoms. The number of Topliss-reactive ketones (excluding diaryl/α,β-unsaturated/α-hetero) is 1. The molecule has 0 unspecified atom stereocenters. The minimum atomic E-state index is 0.00630. The zero-order chi connectivity index (χ0) is 12.3. The second kappa shape index (κ2) is 4.87. The van der Waals surface area contributed by atoms with Crippen molar-refractivity contribution in [3.8, 4) is 0 Å². The molecule has 0 aliphatic rings. The molecule has 2 rings (SSSR count). The van der Waals surface area contributed by atoms with E-state index in [9.17, 15) is 4.79 Å². The molecule has 1 heterocycles. The largest absolute Gasteiger partial charge is 0.292 e. The molecule has 0 aliphatic carbocycles. The van der Waals surface area contributed by atoms with Crippen LogP contribution in [-0.4, -0.2) is 15.8 Å². The molecule has 0 bridgehead atoms. The number of rotatable bonds is 3. The molecule has 0 saturated carbocycles. The minimum absolute atomic E-state index is 0.00630. The Morgan fingerprint density at radius 3 is 2.76 bits per heavy atom. The quantitative estimate of drug-likeness (QED) is 0.755. The predicted molar refractivity (Wildman–Crippen MR) is 66.0 cm³/mol. The van der Waals surface area contributed by atoms with Crippen molar-refractivity contribution in [3.63, 3.8) is 0 Å². The standard InChI is InChI=1S/C14H14N2O/c1-10-3-4-11(2)12(7-10)8-14(17)13-9-15-5-6-16-13/h3-7,9H,8H2,1-2H3. The molecule has 3 heteroatoms. The van der Waals surface area contributed by atoms with Crippen LogP contribution >= 0.6 is 0 Å². The van der Waals surface area contributed by atoms with E-state index >= 15 is 0 Å². The van der Waals surface area contributed by atoms with Crippen LogP contribution in [-0.2, 0) is 6.42 Å². The van der Waals surface area contributed by atoms with Crippen LogP contribution < -0.4 is 0 Å². The third kappa shape index (κ3) is 2.75. The SMILES string of the molecule is Cc1ccc(C)c(CC(=O)c2cnccn2)c1. The van der Waals surface area contributed by atoms with E-state index in [0.29, 0.717) is 12.1 Å². The third-order valence-electron chi connectivity index (χ3n) is 2.70. The van der Waals surface area contributed by atoms with Crippen LogP contribution in [0.25, 0.3) is 0 Å². The van der Waals surface area contributed by atoms with Gasteiger partial charge in [0.2, 0.25) is 0 Å². The second-order valence-electron chi connectivity index (χ2n) is 4.12. The van der Waals surface area contributed by atoms with Crippen LogP contribution in [0.1, 0.15) is 27.2 Å². The highest BCUT2D eigenvalue weighted by atomic mass is 16.1. The number of aromatic nitrogens is 2. The molecule has 0 atom stereocenters. The molecule has 3 nitrogen and oxygen atoms in total. The summed E-state index contributed by atoms with van der Waals surface area (Å²) in [6.07, 6.45) is 4.99. The fourth-order valence-electron chi connectivity index (χ4n) is 1.70. The number of carbonyl (C=O) groups is 1. The Hall–Kier alpha value is -2.03. The number of aryl methyl sites for hydroxylation is 2. The van der Waals surface area contributed by atoms with Gasteiger partial charge in [-0.15, -0.1) is 0 Å². The van der Waals surface area contributed by atoms with E-state index < -0.39 is 0 Å². The Kier molecular flexibility index (Phi) is 3.28. The Morgan fingerprint density at radius 1 is 1.24 bits per heavy atom. The number of ketones is 1. The summed E-state index contributed by atoms with van der Waals surface area (Å²) < 4.78 is 0. The zero-order valence-electron chi connectivity index (χ0n) is 9.97. The van der Waals surface area contributed by atoms with Crippen LogP contribution in [0.15, 0.2) is 36.8 Å². The molecule has 0 saturated heterocycles. The first-order chi connectivity index (χ1) is 8.16. The van der Waals surface area contributed by atoms with E-state index in [4.69, 9.17) is 0 Å². The van der Waals surface area contributed by atoms with Crippen molar-refractivity contribution in [2.24, 2.45) is 0 Å². The van der Waals surface area contributed by atoms with Crippen LogP contribution in [0.2, 0.25) is 0 Å². The van der Waals surface area contributed by atoms with Gasteiger partial charge < -0.3 is 0 Å². The van der Waals surface area contributed by atoms with Gasteiger partial charge in [-0.1, -0.05) is 23.8 Å². The molecule has 0 amide bonds. The highest BCUT2D eigenvalue weighted by molar-refractivity contribution is 5.95. The van der Waals surface area contributed by atoms with Gasteiger partial charge >= 0.3 is 0 Å². The Morgan fingerprint density at radius 2 is 2.06 bits per heavy atom. The average molecular weight is 226 g/mol. The minimum Gasteiger partial charge on any atom is -0.292 e.